The zero-order valence-electron chi connectivity index (χ0n) is 10.5. The molecule has 2 rings (SSSR count). The standard InChI is InChI=1S/C12H20N2O3/c1-3-5-14-10(15)7-9(11(14)16)13-12(2)4-6-17-8-12/h9,13H,3-8H2,1-2H3. The van der Waals surface area contributed by atoms with E-state index in [0.29, 0.717) is 13.2 Å². The maximum Gasteiger partial charge on any atom is 0.246 e. The third kappa shape index (κ3) is 2.50. The third-order valence-electron chi connectivity index (χ3n) is 3.43. The van der Waals surface area contributed by atoms with Crippen molar-refractivity contribution in [3.05, 3.63) is 0 Å². The van der Waals surface area contributed by atoms with Crippen LogP contribution in [0.5, 0.6) is 0 Å². The first kappa shape index (κ1) is 12.5. The van der Waals surface area contributed by atoms with Crippen LogP contribution in [-0.2, 0) is 14.3 Å². The van der Waals surface area contributed by atoms with Crippen LogP contribution in [0.3, 0.4) is 0 Å². The zero-order valence-corrected chi connectivity index (χ0v) is 10.5. The van der Waals surface area contributed by atoms with Gasteiger partial charge in [-0.1, -0.05) is 6.92 Å². The summed E-state index contributed by atoms with van der Waals surface area (Å²) in [7, 11) is 0. The van der Waals surface area contributed by atoms with Crippen LogP contribution >= 0.6 is 0 Å². The lowest BCUT2D eigenvalue weighted by Gasteiger charge is -2.26. The topological polar surface area (TPSA) is 58.6 Å². The van der Waals surface area contributed by atoms with E-state index in [1.54, 1.807) is 0 Å². The molecule has 2 atom stereocenters. The highest BCUT2D eigenvalue weighted by molar-refractivity contribution is 6.05. The second-order valence-electron chi connectivity index (χ2n) is 5.15. The average molecular weight is 240 g/mol. The molecule has 2 amide bonds. The SMILES string of the molecule is CCCN1C(=O)CC(NC2(C)CCOC2)C1=O. The molecule has 2 fully saturated rings. The van der Waals surface area contributed by atoms with Crippen LogP contribution in [-0.4, -0.2) is 48.1 Å². The van der Waals surface area contributed by atoms with Gasteiger partial charge in [0.25, 0.3) is 0 Å². The lowest BCUT2D eigenvalue weighted by atomic mass is 10.00. The summed E-state index contributed by atoms with van der Waals surface area (Å²) in [5, 5.41) is 3.29. The number of nitrogens with one attached hydrogen (secondary N) is 1. The first-order valence-electron chi connectivity index (χ1n) is 6.25. The summed E-state index contributed by atoms with van der Waals surface area (Å²) in [6.45, 7) is 5.87. The van der Waals surface area contributed by atoms with Crippen molar-refractivity contribution in [3.8, 4) is 0 Å². The predicted octanol–water partition coefficient (Wildman–Crippen LogP) is 0.292. The van der Waals surface area contributed by atoms with E-state index in [4.69, 9.17) is 4.74 Å². The van der Waals surface area contributed by atoms with Crippen LogP contribution in [0, 0.1) is 0 Å². The van der Waals surface area contributed by atoms with E-state index in [1.807, 2.05) is 13.8 Å². The Labute approximate surface area is 101 Å². The second kappa shape index (κ2) is 4.74. The maximum atomic E-state index is 12.0. The van der Waals surface area contributed by atoms with Gasteiger partial charge in [-0.2, -0.15) is 0 Å². The van der Waals surface area contributed by atoms with Crippen LogP contribution in [0.2, 0.25) is 0 Å². The molecule has 0 aromatic rings. The Morgan fingerprint density at radius 1 is 1.53 bits per heavy atom. The van der Waals surface area contributed by atoms with Gasteiger partial charge >= 0.3 is 0 Å². The van der Waals surface area contributed by atoms with Crippen molar-refractivity contribution >= 4 is 11.8 Å². The number of hydrogen-bond acceptors (Lipinski definition) is 4. The molecule has 2 aliphatic rings. The smallest absolute Gasteiger partial charge is 0.246 e. The lowest BCUT2D eigenvalue weighted by Crippen LogP contribution is -2.51. The van der Waals surface area contributed by atoms with Gasteiger partial charge in [-0.25, -0.2) is 0 Å². The molecule has 0 aromatic carbocycles. The normalized spacial score (nSPS) is 33.8. The molecule has 2 aliphatic heterocycles. The molecule has 2 heterocycles. The third-order valence-corrected chi connectivity index (χ3v) is 3.43. The Balaban J connectivity index is 1.99. The summed E-state index contributed by atoms with van der Waals surface area (Å²) in [6.07, 6.45) is 1.98. The number of rotatable bonds is 4. The Hall–Kier alpha value is -0.940. The number of nitrogens with zero attached hydrogens (tertiary/aromatic N) is 1. The first-order chi connectivity index (χ1) is 8.06. The number of carbonyl (C=O) groups is 2. The summed E-state index contributed by atoms with van der Waals surface area (Å²) >= 11 is 0. The molecule has 1 N–H and O–H groups in total. The minimum absolute atomic E-state index is 0.0585. The van der Waals surface area contributed by atoms with E-state index in [9.17, 15) is 9.59 Å². The monoisotopic (exact) mass is 240 g/mol. The molecule has 0 spiro atoms. The van der Waals surface area contributed by atoms with E-state index in [0.717, 1.165) is 19.4 Å². The zero-order chi connectivity index (χ0) is 12.5. The Bertz CT molecular complexity index is 324. The van der Waals surface area contributed by atoms with Gasteiger partial charge < -0.3 is 4.74 Å². The van der Waals surface area contributed by atoms with Crippen molar-refractivity contribution in [1.29, 1.82) is 0 Å². The van der Waals surface area contributed by atoms with Gasteiger partial charge in [-0.3, -0.25) is 19.8 Å². The van der Waals surface area contributed by atoms with Gasteiger partial charge in [-0.05, 0) is 19.8 Å². The van der Waals surface area contributed by atoms with E-state index < -0.39 is 0 Å². The van der Waals surface area contributed by atoms with Crippen molar-refractivity contribution in [1.82, 2.24) is 10.2 Å². The number of ether oxygens (including phenoxy) is 1. The molecule has 0 bridgehead atoms. The Kier molecular flexibility index (Phi) is 3.49. The van der Waals surface area contributed by atoms with Crippen molar-refractivity contribution < 1.29 is 14.3 Å². The van der Waals surface area contributed by atoms with Gasteiger partial charge in [-0.15, -0.1) is 0 Å². The van der Waals surface area contributed by atoms with Gasteiger partial charge in [0.1, 0.15) is 0 Å². The first-order valence-corrected chi connectivity index (χ1v) is 6.25. The number of amides is 2. The molecule has 2 saturated heterocycles. The fourth-order valence-electron chi connectivity index (χ4n) is 2.46. The highest BCUT2D eigenvalue weighted by atomic mass is 16.5. The molecule has 0 aromatic heterocycles. The van der Waals surface area contributed by atoms with Gasteiger partial charge in [0.15, 0.2) is 0 Å². The molecular weight excluding hydrogens is 220 g/mol. The number of likely N-dealkylation sites (tertiary alicyclic amines) is 1. The molecule has 0 radical (unpaired) electrons. The second-order valence-corrected chi connectivity index (χ2v) is 5.15. The quantitative estimate of drug-likeness (QED) is 0.718. The number of hydrogen-bond donors (Lipinski definition) is 1. The summed E-state index contributed by atoms with van der Waals surface area (Å²) < 4.78 is 5.33. The molecule has 17 heavy (non-hydrogen) atoms. The average Bonchev–Trinajstić information content (AvgIpc) is 2.79. The summed E-state index contributed by atoms with van der Waals surface area (Å²) in [5.74, 6) is -0.137. The van der Waals surface area contributed by atoms with Crippen LogP contribution in [0.25, 0.3) is 0 Å². The van der Waals surface area contributed by atoms with Crippen molar-refractivity contribution in [2.45, 2.75) is 44.7 Å². The van der Waals surface area contributed by atoms with Crippen LogP contribution in [0.4, 0.5) is 0 Å². The fraction of sp³-hybridized carbons (Fsp3) is 0.833. The molecule has 0 aliphatic carbocycles. The lowest BCUT2D eigenvalue weighted by molar-refractivity contribution is -0.139. The van der Waals surface area contributed by atoms with Gasteiger partial charge in [0.05, 0.1) is 19.1 Å². The van der Waals surface area contributed by atoms with E-state index in [-0.39, 0.29) is 29.8 Å². The molecular formula is C12H20N2O3. The molecule has 96 valence electrons. The number of carbonyl (C=O) groups excluding carboxylic acids is 2. The summed E-state index contributed by atoms with van der Waals surface area (Å²) in [4.78, 5) is 25.1. The summed E-state index contributed by atoms with van der Waals surface area (Å²) in [6, 6.07) is -0.360. The van der Waals surface area contributed by atoms with Crippen molar-refractivity contribution in [2.75, 3.05) is 19.8 Å². The van der Waals surface area contributed by atoms with E-state index >= 15 is 0 Å². The summed E-state index contributed by atoms with van der Waals surface area (Å²) in [5.41, 5.74) is -0.164. The van der Waals surface area contributed by atoms with E-state index in [1.165, 1.54) is 4.90 Å². The largest absolute Gasteiger partial charge is 0.379 e. The van der Waals surface area contributed by atoms with Gasteiger partial charge in [0.2, 0.25) is 11.8 Å². The highest BCUT2D eigenvalue weighted by Gasteiger charge is 2.42. The van der Waals surface area contributed by atoms with Gasteiger partial charge in [0, 0.05) is 18.7 Å². The van der Waals surface area contributed by atoms with Crippen LogP contribution in [0.15, 0.2) is 0 Å². The van der Waals surface area contributed by atoms with Crippen molar-refractivity contribution in [2.24, 2.45) is 0 Å². The Morgan fingerprint density at radius 3 is 2.88 bits per heavy atom. The van der Waals surface area contributed by atoms with Crippen LogP contribution in [0.1, 0.15) is 33.1 Å². The Morgan fingerprint density at radius 2 is 2.29 bits per heavy atom. The molecule has 0 saturated carbocycles. The number of imide groups is 1. The fourth-order valence-corrected chi connectivity index (χ4v) is 2.46. The minimum Gasteiger partial charge on any atom is -0.379 e. The minimum atomic E-state index is -0.360. The predicted molar refractivity (Wildman–Crippen MR) is 62.4 cm³/mol. The highest BCUT2D eigenvalue weighted by Crippen LogP contribution is 2.22. The molecule has 5 nitrogen and oxygen atoms in total. The molecule has 5 heteroatoms. The molecule has 2 unspecified atom stereocenters. The van der Waals surface area contributed by atoms with Crippen LogP contribution < -0.4 is 5.32 Å². The van der Waals surface area contributed by atoms with Crippen molar-refractivity contribution in [3.63, 3.8) is 0 Å². The van der Waals surface area contributed by atoms with E-state index in [2.05, 4.69) is 5.32 Å². The maximum absolute atomic E-state index is 12.0.